The Morgan fingerprint density at radius 1 is 0.531 bits per heavy atom. The van der Waals surface area contributed by atoms with Crippen LogP contribution < -0.4 is 0 Å². The summed E-state index contributed by atoms with van der Waals surface area (Å²) in [6.45, 7) is 18.6. The molecule has 0 aliphatic carbocycles. The molecule has 180 valence electrons. The van der Waals surface area contributed by atoms with Gasteiger partial charge in [-0.1, -0.05) is 40.2 Å². The minimum atomic E-state index is -0.412. The van der Waals surface area contributed by atoms with Gasteiger partial charge in [0.15, 0.2) is 0 Å². The van der Waals surface area contributed by atoms with Crippen molar-refractivity contribution in [2.75, 3.05) is 26.4 Å². The highest BCUT2D eigenvalue weighted by atomic mass is 16.5. The molecule has 0 aliphatic heterocycles. The average molecular weight is 453 g/mol. The lowest BCUT2D eigenvalue weighted by atomic mass is 10.1. The first-order valence-corrected chi connectivity index (χ1v) is 10.4. The topological polar surface area (TPSA) is 105 Å². The van der Waals surface area contributed by atoms with Gasteiger partial charge < -0.3 is 18.9 Å². The third kappa shape index (κ3) is 21.5. The SMILES string of the molecule is C=CC(=O)OCCC(C)CCOC(=O)C=C.C=CC(=O)OCCC(C)CCOC(=O)C=C. The lowest BCUT2D eigenvalue weighted by Gasteiger charge is -2.10. The Hall–Kier alpha value is -3.16. The zero-order valence-electron chi connectivity index (χ0n) is 19.2. The number of hydrogen-bond donors (Lipinski definition) is 0. The first-order valence-electron chi connectivity index (χ1n) is 10.4. The van der Waals surface area contributed by atoms with E-state index < -0.39 is 23.9 Å². The fourth-order valence-electron chi connectivity index (χ4n) is 1.97. The Morgan fingerprint density at radius 3 is 0.875 bits per heavy atom. The molecule has 0 saturated heterocycles. The maximum Gasteiger partial charge on any atom is 0.330 e. The highest BCUT2D eigenvalue weighted by Crippen LogP contribution is 2.08. The van der Waals surface area contributed by atoms with Crippen LogP contribution in [0, 0.1) is 11.8 Å². The molecule has 0 unspecified atom stereocenters. The van der Waals surface area contributed by atoms with Gasteiger partial charge in [0.1, 0.15) is 0 Å². The zero-order valence-corrected chi connectivity index (χ0v) is 19.2. The molecule has 0 radical (unpaired) electrons. The van der Waals surface area contributed by atoms with Crippen LogP contribution in [-0.4, -0.2) is 50.3 Å². The molecule has 0 aliphatic rings. The predicted molar refractivity (Wildman–Crippen MR) is 121 cm³/mol. The molecule has 0 rings (SSSR count). The number of esters is 4. The Morgan fingerprint density at radius 2 is 0.719 bits per heavy atom. The summed E-state index contributed by atoms with van der Waals surface area (Å²) in [5, 5.41) is 0. The smallest absolute Gasteiger partial charge is 0.330 e. The Balaban J connectivity index is 0. The maximum atomic E-state index is 10.7. The van der Waals surface area contributed by atoms with Gasteiger partial charge in [-0.15, -0.1) is 0 Å². The van der Waals surface area contributed by atoms with E-state index in [9.17, 15) is 19.2 Å². The van der Waals surface area contributed by atoms with Gasteiger partial charge in [-0.3, -0.25) is 0 Å². The first kappa shape index (κ1) is 31.0. The minimum Gasteiger partial charge on any atom is -0.463 e. The molecular formula is C24H36O8. The molecular weight excluding hydrogens is 416 g/mol. The van der Waals surface area contributed by atoms with Gasteiger partial charge in [0, 0.05) is 24.3 Å². The van der Waals surface area contributed by atoms with Gasteiger partial charge in [-0.25, -0.2) is 19.2 Å². The standard InChI is InChI=1S/2C12H18O4/c2*1-4-11(13)15-8-6-10(3)7-9-16-12(14)5-2/h2*4-5,10H,1-2,6-9H2,3H3. The highest BCUT2D eigenvalue weighted by molar-refractivity contribution is 5.82. The van der Waals surface area contributed by atoms with Crippen LogP contribution in [0.15, 0.2) is 50.6 Å². The molecule has 0 aromatic heterocycles. The number of hydrogen-bond acceptors (Lipinski definition) is 8. The molecule has 8 heteroatoms. The quantitative estimate of drug-likeness (QED) is 0.198. The van der Waals surface area contributed by atoms with Crippen molar-refractivity contribution in [2.24, 2.45) is 11.8 Å². The summed E-state index contributed by atoms with van der Waals surface area (Å²) in [7, 11) is 0. The maximum absolute atomic E-state index is 10.7. The molecule has 0 fully saturated rings. The second-order valence-corrected chi connectivity index (χ2v) is 6.85. The summed E-state index contributed by atoms with van der Waals surface area (Å²) in [4.78, 5) is 42.9. The van der Waals surface area contributed by atoms with Crippen LogP contribution in [0.5, 0.6) is 0 Å². The molecule has 0 bridgehead atoms. The van der Waals surface area contributed by atoms with E-state index in [0.717, 1.165) is 50.0 Å². The molecule has 0 N–H and O–H groups in total. The van der Waals surface area contributed by atoms with Crippen LogP contribution >= 0.6 is 0 Å². The molecule has 0 spiro atoms. The molecule has 0 atom stereocenters. The van der Waals surface area contributed by atoms with Crippen LogP contribution in [0.1, 0.15) is 39.5 Å². The fraction of sp³-hybridized carbons (Fsp3) is 0.500. The van der Waals surface area contributed by atoms with Gasteiger partial charge >= 0.3 is 23.9 Å². The predicted octanol–water partition coefficient (Wildman–Crippen LogP) is 3.72. The van der Waals surface area contributed by atoms with E-state index in [0.29, 0.717) is 38.3 Å². The third-order valence-corrected chi connectivity index (χ3v) is 4.09. The largest absolute Gasteiger partial charge is 0.463 e. The molecule has 8 nitrogen and oxygen atoms in total. The van der Waals surface area contributed by atoms with Crippen molar-refractivity contribution in [1.82, 2.24) is 0 Å². The summed E-state index contributed by atoms with van der Waals surface area (Å²) in [5.74, 6) is -0.989. The lowest BCUT2D eigenvalue weighted by Crippen LogP contribution is -2.09. The van der Waals surface area contributed by atoms with Crippen molar-refractivity contribution in [3.8, 4) is 0 Å². The average Bonchev–Trinajstić information content (AvgIpc) is 2.78. The summed E-state index contributed by atoms with van der Waals surface area (Å²) < 4.78 is 19.3. The molecule has 0 aromatic carbocycles. The molecule has 0 amide bonds. The minimum absolute atomic E-state index is 0.329. The molecule has 32 heavy (non-hydrogen) atoms. The molecule has 0 aromatic rings. The fourth-order valence-corrected chi connectivity index (χ4v) is 1.97. The third-order valence-electron chi connectivity index (χ3n) is 4.09. The van der Waals surface area contributed by atoms with Crippen molar-refractivity contribution >= 4 is 23.9 Å². The van der Waals surface area contributed by atoms with E-state index in [1.165, 1.54) is 0 Å². The Kier molecular flexibility index (Phi) is 20.4. The van der Waals surface area contributed by atoms with Crippen molar-refractivity contribution in [2.45, 2.75) is 39.5 Å². The van der Waals surface area contributed by atoms with Gasteiger partial charge in [0.25, 0.3) is 0 Å². The lowest BCUT2D eigenvalue weighted by molar-refractivity contribution is -0.139. The van der Waals surface area contributed by atoms with E-state index in [2.05, 4.69) is 26.3 Å². The summed E-state index contributed by atoms with van der Waals surface area (Å²) in [5.41, 5.74) is 0. The van der Waals surface area contributed by atoms with Crippen LogP contribution in [0.4, 0.5) is 0 Å². The van der Waals surface area contributed by atoms with Crippen molar-refractivity contribution < 1.29 is 38.1 Å². The van der Waals surface area contributed by atoms with E-state index in [4.69, 9.17) is 18.9 Å². The van der Waals surface area contributed by atoms with Gasteiger partial charge in [0.05, 0.1) is 26.4 Å². The normalized spacial score (nSPS) is 9.62. The monoisotopic (exact) mass is 452 g/mol. The highest BCUT2D eigenvalue weighted by Gasteiger charge is 2.06. The second-order valence-electron chi connectivity index (χ2n) is 6.85. The zero-order chi connectivity index (χ0) is 24.8. The van der Waals surface area contributed by atoms with E-state index in [1.54, 1.807) is 0 Å². The van der Waals surface area contributed by atoms with Gasteiger partial charge in [0.2, 0.25) is 0 Å². The number of rotatable bonds is 16. The Bertz CT molecular complexity index is 517. The number of carbonyl (C=O) groups excluding carboxylic acids is 4. The van der Waals surface area contributed by atoms with Crippen molar-refractivity contribution in [1.29, 1.82) is 0 Å². The van der Waals surface area contributed by atoms with Crippen LogP contribution in [0.2, 0.25) is 0 Å². The van der Waals surface area contributed by atoms with Crippen molar-refractivity contribution in [3.05, 3.63) is 50.6 Å². The second kappa shape index (κ2) is 21.1. The number of ether oxygens (including phenoxy) is 4. The van der Waals surface area contributed by atoms with Gasteiger partial charge in [-0.05, 0) is 37.5 Å². The summed E-state index contributed by atoms with van der Waals surface area (Å²) >= 11 is 0. The molecule has 0 saturated carbocycles. The van der Waals surface area contributed by atoms with Gasteiger partial charge in [-0.2, -0.15) is 0 Å². The summed E-state index contributed by atoms with van der Waals surface area (Å²) in [6, 6.07) is 0. The first-order chi connectivity index (χ1) is 15.2. The van der Waals surface area contributed by atoms with Crippen molar-refractivity contribution in [3.63, 3.8) is 0 Å². The Labute approximate surface area is 190 Å². The summed E-state index contributed by atoms with van der Waals surface area (Å²) in [6.07, 6.45) is 7.51. The van der Waals surface area contributed by atoms with E-state index in [-0.39, 0.29) is 0 Å². The van der Waals surface area contributed by atoms with Crippen LogP contribution in [0.3, 0.4) is 0 Å². The van der Waals surface area contributed by atoms with Crippen LogP contribution in [-0.2, 0) is 38.1 Å². The van der Waals surface area contributed by atoms with E-state index in [1.807, 2.05) is 13.8 Å². The van der Waals surface area contributed by atoms with Crippen LogP contribution in [0.25, 0.3) is 0 Å². The molecule has 0 heterocycles. The number of carbonyl (C=O) groups is 4. The van der Waals surface area contributed by atoms with E-state index >= 15 is 0 Å².